The van der Waals surface area contributed by atoms with Crippen molar-refractivity contribution < 1.29 is 0 Å². The Morgan fingerprint density at radius 1 is 0.389 bits per heavy atom. The van der Waals surface area contributed by atoms with Gasteiger partial charge in [0.05, 0.1) is 0 Å². The minimum Gasteiger partial charge on any atom is -0.345 e. The molecule has 5 aromatic rings. The van der Waals surface area contributed by atoms with Gasteiger partial charge in [-0.15, -0.1) is 0 Å². The van der Waals surface area contributed by atoms with E-state index < -0.39 is 0 Å². The zero-order valence-corrected chi connectivity index (χ0v) is 34.9. The average Bonchev–Trinajstić information content (AvgIpc) is 3.67. The van der Waals surface area contributed by atoms with Crippen molar-refractivity contribution in [1.29, 1.82) is 0 Å². The highest BCUT2D eigenvalue weighted by Gasteiger charge is 2.46. The lowest BCUT2D eigenvalue weighted by Gasteiger charge is -2.44. The van der Waals surface area contributed by atoms with Gasteiger partial charge in [0.2, 0.25) is 0 Å². The Bertz CT molecular complexity index is 1890. The second-order valence-corrected chi connectivity index (χ2v) is 16.6. The monoisotopic (exact) mass is 716 g/mol. The molecule has 0 bridgehead atoms. The van der Waals surface area contributed by atoms with Crippen LogP contribution in [0.5, 0.6) is 0 Å². The van der Waals surface area contributed by atoms with Crippen molar-refractivity contribution in [3.8, 4) is 0 Å². The van der Waals surface area contributed by atoms with Crippen molar-refractivity contribution in [2.45, 2.75) is 95.4 Å². The lowest BCUT2D eigenvalue weighted by atomic mass is 9.96. The molecule has 0 radical (unpaired) electrons. The first-order valence-corrected chi connectivity index (χ1v) is 19.9. The van der Waals surface area contributed by atoms with Crippen LogP contribution in [0.2, 0.25) is 0 Å². The van der Waals surface area contributed by atoms with Crippen LogP contribution in [-0.2, 0) is 0 Å². The third-order valence-electron chi connectivity index (χ3n) is 11.8. The molecule has 0 spiro atoms. The molecule has 280 valence electrons. The maximum atomic E-state index is 2.75. The van der Waals surface area contributed by atoms with E-state index in [9.17, 15) is 0 Å². The zero-order chi connectivity index (χ0) is 38.6. The number of hydrogen-bond donors (Lipinski definition) is 0. The fourth-order valence-electron chi connectivity index (χ4n) is 10.4. The Balaban J connectivity index is 1.56. The first-order valence-electron chi connectivity index (χ1n) is 19.9. The molecule has 2 heterocycles. The number of benzene rings is 5. The Morgan fingerprint density at radius 2 is 0.630 bits per heavy atom. The lowest BCUT2D eigenvalue weighted by molar-refractivity contribution is 0.649. The molecule has 2 fully saturated rings. The molecule has 0 aliphatic carbocycles. The summed E-state index contributed by atoms with van der Waals surface area (Å²) in [5, 5.41) is 0. The molecule has 2 saturated heterocycles. The van der Waals surface area contributed by atoms with E-state index in [4.69, 9.17) is 0 Å². The van der Waals surface area contributed by atoms with Crippen LogP contribution in [0.25, 0.3) is 6.08 Å². The predicted molar refractivity (Wildman–Crippen MR) is 234 cm³/mol. The first-order chi connectivity index (χ1) is 25.7. The Labute approximate surface area is 325 Å². The van der Waals surface area contributed by atoms with E-state index in [0.717, 1.165) is 26.2 Å². The largest absolute Gasteiger partial charge is 0.345 e. The minimum absolute atomic E-state index is 0.0318. The highest BCUT2D eigenvalue weighted by molar-refractivity contribution is 5.77. The first kappa shape index (κ1) is 37.4. The number of anilines is 4. The third-order valence-corrected chi connectivity index (χ3v) is 11.8. The summed E-state index contributed by atoms with van der Waals surface area (Å²) in [5.41, 5.74) is 24.0. The Hall–Kier alpha value is -4.96. The van der Waals surface area contributed by atoms with Crippen molar-refractivity contribution in [2.75, 3.05) is 45.8 Å². The molecule has 5 aromatic carbocycles. The molecule has 0 aromatic heterocycles. The molecule has 7 rings (SSSR count). The summed E-state index contributed by atoms with van der Waals surface area (Å²) in [6.07, 6.45) is 2.48. The topological polar surface area (TPSA) is 13.0 Å². The average molecular weight is 717 g/mol. The fraction of sp³-hybridized carbons (Fsp3) is 0.360. The number of rotatable bonds is 7. The molecular formula is C50H60N4. The molecule has 54 heavy (non-hydrogen) atoms. The van der Waals surface area contributed by atoms with E-state index in [1.165, 1.54) is 101 Å². The standard InChI is InChI=1S/C50H60N4/c1-31-22-35(5)45(36(6)23-31)51-18-19-52(46-37(7)24-32(2)25-38(46)8)49(51)44(30-43-16-14-13-15-17-43)50-53(47-39(9)26-33(3)27-40(47)10)20-21-54(50)48-41(11)28-34(4)29-42(48)12/h13-17,22-30,49-50H,18-21H2,1-12H3. The van der Waals surface area contributed by atoms with Gasteiger partial charge in [-0.2, -0.15) is 0 Å². The summed E-state index contributed by atoms with van der Waals surface area (Å²) in [6.45, 7) is 31.1. The second kappa shape index (κ2) is 14.7. The van der Waals surface area contributed by atoms with Gasteiger partial charge in [0.15, 0.2) is 0 Å². The summed E-state index contributed by atoms with van der Waals surface area (Å²) in [5.74, 6) is 0. The Kier molecular flexibility index (Phi) is 10.2. The van der Waals surface area contributed by atoms with Gasteiger partial charge in [-0.05, 0) is 139 Å². The fourth-order valence-corrected chi connectivity index (χ4v) is 10.4. The summed E-state index contributed by atoms with van der Waals surface area (Å²) in [4.78, 5) is 11.0. The summed E-state index contributed by atoms with van der Waals surface area (Å²) in [6, 6.07) is 30.0. The van der Waals surface area contributed by atoms with Crippen LogP contribution >= 0.6 is 0 Å². The van der Waals surface area contributed by atoms with Crippen molar-refractivity contribution in [1.82, 2.24) is 0 Å². The van der Waals surface area contributed by atoms with Crippen LogP contribution in [0.4, 0.5) is 22.7 Å². The van der Waals surface area contributed by atoms with Gasteiger partial charge >= 0.3 is 0 Å². The number of hydrogen-bond acceptors (Lipinski definition) is 4. The van der Waals surface area contributed by atoms with E-state index in [1.54, 1.807) is 0 Å². The maximum absolute atomic E-state index is 2.75. The molecule has 2 aliphatic rings. The molecule has 4 heteroatoms. The van der Waals surface area contributed by atoms with Crippen LogP contribution in [-0.4, -0.2) is 38.5 Å². The van der Waals surface area contributed by atoms with Gasteiger partial charge in [-0.25, -0.2) is 0 Å². The van der Waals surface area contributed by atoms with Gasteiger partial charge in [-0.3, -0.25) is 0 Å². The third kappa shape index (κ3) is 6.81. The molecule has 0 amide bonds. The number of aryl methyl sites for hydroxylation is 12. The van der Waals surface area contributed by atoms with Crippen LogP contribution in [0, 0.1) is 83.1 Å². The van der Waals surface area contributed by atoms with E-state index >= 15 is 0 Å². The summed E-state index contributed by atoms with van der Waals surface area (Å²) < 4.78 is 0. The normalized spacial score (nSPS) is 15.2. The van der Waals surface area contributed by atoms with Crippen LogP contribution in [0.1, 0.15) is 72.3 Å². The van der Waals surface area contributed by atoms with E-state index in [-0.39, 0.29) is 12.3 Å². The SMILES string of the molecule is Cc1cc(C)c(N2CCN(c3c(C)cc(C)cc3C)C2C(=Cc2ccccc2)C2N(c3c(C)cc(C)cc3C)CCN2c2c(C)cc(C)cc2C)c(C)c1. The maximum Gasteiger partial charge on any atom is 0.128 e. The van der Waals surface area contributed by atoms with E-state index in [2.05, 4.69) is 188 Å². The van der Waals surface area contributed by atoms with E-state index in [1.807, 2.05) is 0 Å². The van der Waals surface area contributed by atoms with Crippen LogP contribution in [0.3, 0.4) is 0 Å². The molecule has 0 unspecified atom stereocenters. The van der Waals surface area contributed by atoms with Gasteiger partial charge in [0.25, 0.3) is 0 Å². The quantitative estimate of drug-likeness (QED) is 0.166. The molecule has 0 atom stereocenters. The second-order valence-electron chi connectivity index (χ2n) is 16.6. The molecule has 4 nitrogen and oxygen atoms in total. The van der Waals surface area contributed by atoms with Gasteiger partial charge in [0.1, 0.15) is 12.3 Å². The predicted octanol–water partition coefficient (Wildman–Crippen LogP) is 11.5. The van der Waals surface area contributed by atoms with Crippen LogP contribution in [0.15, 0.2) is 84.4 Å². The van der Waals surface area contributed by atoms with Crippen LogP contribution < -0.4 is 19.6 Å². The summed E-state index contributed by atoms with van der Waals surface area (Å²) >= 11 is 0. The molecule has 0 N–H and O–H groups in total. The molecular weight excluding hydrogens is 657 g/mol. The molecule has 0 saturated carbocycles. The van der Waals surface area contributed by atoms with E-state index in [0.29, 0.717) is 0 Å². The highest BCUT2D eigenvalue weighted by Crippen LogP contribution is 2.45. The van der Waals surface area contributed by atoms with Crippen molar-refractivity contribution in [3.63, 3.8) is 0 Å². The molecule has 2 aliphatic heterocycles. The van der Waals surface area contributed by atoms with Crippen molar-refractivity contribution in [2.24, 2.45) is 0 Å². The van der Waals surface area contributed by atoms with Gasteiger partial charge in [-0.1, -0.05) is 101 Å². The number of nitrogens with zero attached hydrogens (tertiary/aromatic N) is 4. The smallest absolute Gasteiger partial charge is 0.128 e. The lowest BCUT2D eigenvalue weighted by Crippen LogP contribution is -2.52. The summed E-state index contributed by atoms with van der Waals surface area (Å²) in [7, 11) is 0. The van der Waals surface area contributed by atoms with Crippen molar-refractivity contribution >= 4 is 28.8 Å². The highest BCUT2D eigenvalue weighted by atomic mass is 15.5. The minimum atomic E-state index is -0.0318. The van der Waals surface area contributed by atoms with Gasteiger partial charge in [0, 0.05) is 54.5 Å². The zero-order valence-electron chi connectivity index (χ0n) is 34.9. The van der Waals surface area contributed by atoms with Crippen molar-refractivity contribution in [3.05, 3.63) is 157 Å². The van der Waals surface area contributed by atoms with Gasteiger partial charge < -0.3 is 19.6 Å². The Morgan fingerprint density at radius 3 is 0.870 bits per heavy atom.